The molecule has 0 radical (unpaired) electrons. The maximum atomic E-state index is 12.2. The molecule has 0 saturated carbocycles. The van der Waals surface area contributed by atoms with E-state index in [1.807, 2.05) is 31.1 Å². The van der Waals surface area contributed by atoms with E-state index in [-0.39, 0.29) is 18.4 Å². The first kappa shape index (κ1) is 19.2. The van der Waals surface area contributed by atoms with Gasteiger partial charge in [0.25, 0.3) is 0 Å². The summed E-state index contributed by atoms with van der Waals surface area (Å²) in [7, 11) is 3.89. The minimum Gasteiger partial charge on any atom is -0.372 e. The molecule has 0 atom stereocenters. The third kappa shape index (κ3) is 6.38. The number of rotatable bonds is 7. The first-order valence-electron chi connectivity index (χ1n) is 9.01. The molecule has 0 spiro atoms. The van der Waals surface area contributed by atoms with Crippen LogP contribution in [-0.2, 0) is 9.59 Å². The Labute approximate surface area is 150 Å². The standard InChI is InChI=1S/C19H30N4O2/c1-16(24)23(14-13-21(2)3)15-19(25)20-17-7-9-18(10-8-17)22-11-5-4-6-12-22/h7-10H,4-6,11-15H2,1-3H3,(H,20,25). The maximum Gasteiger partial charge on any atom is 0.243 e. The van der Waals surface area contributed by atoms with Gasteiger partial charge in [-0.2, -0.15) is 0 Å². The summed E-state index contributed by atoms with van der Waals surface area (Å²) in [5.41, 5.74) is 1.97. The molecule has 1 aromatic rings. The predicted octanol–water partition coefficient (Wildman–Crippen LogP) is 2.03. The van der Waals surface area contributed by atoms with Crippen molar-refractivity contribution in [1.29, 1.82) is 0 Å². The lowest BCUT2D eigenvalue weighted by molar-refractivity contribution is -0.132. The molecular weight excluding hydrogens is 316 g/mol. The Morgan fingerprint density at radius 3 is 2.24 bits per heavy atom. The van der Waals surface area contributed by atoms with Crippen molar-refractivity contribution in [1.82, 2.24) is 9.80 Å². The van der Waals surface area contributed by atoms with E-state index in [9.17, 15) is 9.59 Å². The van der Waals surface area contributed by atoms with Gasteiger partial charge in [-0.3, -0.25) is 9.59 Å². The number of likely N-dealkylation sites (N-methyl/N-ethyl adjacent to an activating group) is 1. The smallest absolute Gasteiger partial charge is 0.243 e. The van der Waals surface area contributed by atoms with Gasteiger partial charge in [0.2, 0.25) is 11.8 Å². The van der Waals surface area contributed by atoms with Gasteiger partial charge in [-0.25, -0.2) is 0 Å². The van der Waals surface area contributed by atoms with Crippen molar-refractivity contribution in [3.05, 3.63) is 24.3 Å². The Balaban J connectivity index is 1.87. The third-order valence-electron chi connectivity index (χ3n) is 4.47. The third-order valence-corrected chi connectivity index (χ3v) is 4.47. The highest BCUT2D eigenvalue weighted by Crippen LogP contribution is 2.21. The van der Waals surface area contributed by atoms with Gasteiger partial charge < -0.3 is 20.0 Å². The number of anilines is 2. The Bertz CT molecular complexity index is 565. The molecule has 25 heavy (non-hydrogen) atoms. The number of hydrogen-bond acceptors (Lipinski definition) is 4. The highest BCUT2D eigenvalue weighted by Gasteiger charge is 2.14. The van der Waals surface area contributed by atoms with Crippen LogP contribution in [0.3, 0.4) is 0 Å². The van der Waals surface area contributed by atoms with Crippen molar-refractivity contribution in [2.75, 3.05) is 57.0 Å². The summed E-state index contributed by atoms with van der Waals surface area (Å²) in [6, 6.07) is 7.96. The first-order valence-corrected chi connectivity index (χ1v) is 9.01. The van der Waals surface area contributed by atoms with Crippen LogP contribution >= 0.6 is 0 Å². The number of piperidine rings is 1. The Morgan fingerprint density at radius 2 is 1.68 bits per heavy atom. The molecule has 1 aliphatic rings. The van der Waals surface area contributed by atoms with E-state index in [0.29, 0.717) is 6.54 Å². The van der Waals surface area contributed by atoms with Crippen LogP contribution in [0, 0.1) is 0 Å². The van der Waals surface area contributed by atoms with Gasteiger partial charge >= 0.3 is 0 Å². The fourth-order valence-electron chi connectivity index (χ4n) is 2.95. The second kappa shape index (κ2) is 9.42. The molecule has 0 aromatic heterocycles. The average molecular weight is 346 g/mol. The van der Waals surface area contributed by atoms with Crippen molar-refractivity contribution >= 4 is 23.2 Å². The molecule has 1 saturated heterocycles. The minimum absolute atomic E-state index is 0.0804. The number of nitrogens with one attached hydrogen (secondary N) is 1. The molecule has 1 N–H and O–H groups in total. The molecule has 6 heteroatoms. The number of carbonyl (C=O) groups is 2. The van der Waals surface area contributed by atoms with Crippen molar-refractivity contribution < 1.29 is 9.59 Å². The van der Waals surface area contributed by atoms with Gasteiger partial charge in [0.05, 0.1) is 6.54 Å². The molecule has 1 heterocycles. The lowest BCUT2D eigenvalue weighted by Crippen LogP contribution is -2.40. The van der Waals surface area contributed by atoms with E-state index >= 15 is 0 Å². The Hall–Kier alpha value is -2.08. The zero-order valence-electron chi connectivity index (χ0n) is 15.6. The van der Waals surface area contributed by atoms with Crippen molar-refractivity contribution in [2.24, 2.45) is 0 Å². The van der Waals surface area contributed by atoms with E-state index in [2.05, 4.69) is 22.3 Å². The maximum absolute atomic E-state index is 12.2. The molecule has 0 aliphatic carbocycles. The summed E-state index contributed by atoms with van der Waals surface area (Å²) < 4.78 is 0. The molecule has 0 bridgehead atoms. The van der Waals surface area contributed by atoms with E-state index < -0.39 is 0 Å². The molecule has 2 rings (SSSR count). The van der Waals surface area contributed by atoms with Crippen LogP contribution in [0.4, 0.5) is 11.4 Å². The number of benzene rings is 1. The molecule has 6 nitrogen and oxygen atoms in total. The van der Waals surface area contributed by atoms with Crippen LogP contribution in [0.5, 0.6) is 0 Å². The van der Waals surface area contributed by atoms with Crippen LogP contribution in [0.15, 0.2) is 24.3 Å². The quantitative estimate of drug-likeness (QED) is 0.821. The Morgan fingerprint density at radius 1 is 1.04 bits per heavy atom. The van der Waals surface area contributed by atoms with Crippen LogP contribution < -0.4 is 10.2 Å². The molecule has 2 amide bonds. The molecular formula is C19H30N4O2. The fourth-order valence-corrected chi connectivity index (χ4v) is 2.95. The largest absolute Gasteiger partial charge is 0.372 e. The predicted molar refractivity (Wildman–Crippen MR) is 102 cm³/mol. The highest BCUT2D eigenvalue weighted by atomic mass is 16.2. The van der Waals surface area contributed by atoms with Crippen LogP contribution in [0.2, 0.25) is 0 Å². The van der Waals surface area contributed by atoms with Gasteiger partial charge in [-0.1, -0.05) is 0 Å². The summed E-state index contributed by atoms with van der Waals surface area (Å²) in [5, 5.41) is 2.88. The second-order valence-corrected chi connectivity index (χ2v) is 6.89. The van der Waals surface area contributed by atoms with E-state index in [1.54, 1.807) is 4.90 Å². The summed E-state index contributed by atoms with van der Waals surface area (Å²) in [5.74, 6) is -0.253. The first-order chi connectivity index (χ1) is 12.0. The van der Waals surface area contributed by atoms with Crippen molar-refractivity contribution in [3.63, 3.8) is 0 Å². The summed E-state index contributed by atoms with van der Waals surface area (Å²) in [6.07, 6.45) is 3.80. The minimum atomic E-state index is -0.167. The van der Waals surface area contributed by atoms with Gasteiger partial charge in [-0.05, 0) is 57.6 Å². The number of amides is 2. The van der Waals surface area contributed by atoms with Crippen LogP contribution in [0.25, 0.3) is 0 Å². The van der Waals surface area contributed by atoms with E-state index in [1.165, 1.54) is 31.9 Å². The lowest BCUT2D eigenvalue weighted by Gasteiger charge is -2.29. The summed E-state index contributed by atoms with van der Waals surface area (Å²) >= 11 is 0. The normalized spacial score (nSPS) is 14.5. The highest BCUT2D eigenvalue weighted by molar-refractivity contribution is 5.94. The molecule has 1 aliphatic heterocycles. The summed E-state index contributed by atoms with van der Waals surface area (Å²) in [6.45, 7) is 5.06. The number of nitrogens with zero attached hydrogens (tertiary/aromatic N) is 3. The van der Waals surface area contributed by atoms with Gasteiger partial charge in [0, 0.05) is 44.5 Å². The molecule has 1 fully saturated rings. The van der Waals surface area contributed by atoms with E-state index in [4.69, 9.17) is 0 Å². The van der Waals surface area contributed by atoms with Crippen molar-refractivity contribution in [3.8, 4) is 0 Å². The summed E-state index contributed by atoms with van der Waals surface area (Å²) in [4.78, 5) is 29.9. The average Bonchev–Trinajstić information content (AvgIpc) is 2.59. The Kier molecular flexibility index (Phi) is 7.25. The van der Waals surface area contributed by atoms with Crippen LogP contribution in [-0.4, -0.2) is 68.4 Å². The monoisotopic (exact) mass is 346 g/mol. The fraction of sp³-hybridized carbons (Fsp3) is 0.579. The molecule has 138 valence electrons. The lowest BCUT2D eigenvalue weighted by atomic mass is 10.1. The zero-order valence-corrected chi connectivity index (χ0v) is 15.6. The SMILES string of the molecule is CC(=O)N(CCN(C)C)CC(=O)Nc1ccc(N2CCCCC2)cc1. The van der Waals surface area contributed by atoms with Gasteiger partial charge in [0.1, 0.15) is 0 Å². The molecule has 1 aromatic carbocycles. The van der Waals surface area contributed by atoms with Crippen LogP contribution in [0.1, 0.15) is 26.2 Å². The van der Waals surface area contributed by atoms with E-state index in [0.717, 1.165) is 25.3 Å². The number of hydrogen-bond donors (Lipinski definition) is 1. The van der Waals surface area contributed by atoms with Crippen molar-refractivity contribution in [2.45, 2.75) is 26.2 Å². The second-order valence-electron chi connectivity index (χ2n) is 6.89. The zero-order chi connectivity index (χ0) is 18.2. The number of carbonyl (C=O) groups excluding carboxylic acids is 2. The van der Waals surface area contributed by atoms with Gasteiger partial charge in [0.15, 0.2) is 0 Å². The van der Waals surface area contributed by atoms with Gasteiger partial charge in [-0.15, -0.1) is 0 Å². The topological polar surface area (TPSA) is 55.9 Å². The molecule has 0 unspecified atom stereocenters.